The van der Waals surface area contributed by atoms with E-state index in [0.717, 1.165) is 30.3 Å². The van der Waals surface area contributed by atoms with Gasteiger partial charge >= 0.3 is 0 Å². The molecule has 2 unspecified atom stereocenters. The van der Waals surface area contributed by atoms with Gasteiger partial charge in [-0.1, -0.05) is 114 Å². The highest BCUT2D eigenvalue weighted by Gasteiger charge is 2.21. The standard InChI is InChI=1S/C31H40O2/c1-24(14-9-16-26(3)18-11-21-32)12-7-8-13-25(2)15-10-17-27(4)19-20-31-28(5)22-30(33)23-29(31)6/h7-21,28,30,33H,22-23H2,1-6H3/b8-7+,14-9+,15-10+,18-11+,20-19+,24-12+,25-13+,26-16+,27-17-. The van der Waals surface area contributed by atoms with E-state index in [1.54, 1.807) is 6.08 Å². The summed E-state index contributed by atoms with van der Waals surface area (Å²) < 4.78 is 0. The molecule has 0 aromatic carbocycles. The second kappa shape index (κ2) is 15.8. The molecule has 2 nitrogen and oxygen atoms in total. The summed E-state index contributed by atoms with van der Waals surface area (Å²) in [6.45, 7) is 12.5. The van der Waals surface area contributed by atoms with Gasteiger partial charge in [-0.15, -0.1) is 0 Å². The largest absolute Gasteiger partial charge is 0.393 e. The van der Waals surface area contributed by atoms with Crippen molar-refractivity contribution in [3.05, 3.63) is 119 Å². The van der Waals surface area contributed by atoms with Crippen LogP contribution in [0, 0.1) is 5.92 Å². The van der Waals surface area contributed by atoms with Crippen molar-refractivity contribution in [2.45, 2.75) is 60.5 Å². The van der Waals surface area contributed by atoms with Crippen molar-refractivity contribution in [1.29, 1.82) is 0 Å². The minimum Gasteiger partial charge on any atom is -0.393 e. The Morgan fingerprint density at radius 1 is 0.758 bits per heavy atom. The van der Waals surface area contributed by atoms with Gasteiger partial charge in [-0.25, -0.2) is 0 Å². The van der Waals surface area contributed by atoms with Crippen molar-refractivity contribution in [3.63, 3.8) is 0 Å². The second-order valence-electron chi connectivity index (χ2n) is 8.80. The highest BCUT2D eigenvalue weighted by molar-refractivity contribution is 5.65. The number of aliphatic hydroxyl groups is 1. The molecule has 176 valence electrons. The topological polar surface area (TPSA) is 37.3 Å². The van der Waals surface area contributed by atoms with Crippen LogP contribution in [0.1, 0.15) is 54.4 Å². The zero-order valence-electron chi connectivity index (χ0n) is 21.1. The molecule has 0 amide bonds. The van der Waals surface area contributed by atoms with E-state index in [-0.39, 0.29) is 6.10 Å². The molecule has 2 atom stereocenters. The first-order chi connectivity index (χ1) is 15.7. The lowest BCUT2D eigenvalue weighted by atomic mass is 9.82. The van der Waals surface area contributed by atoms with E-state index in [1.807, 2.05) is 37.3 Å². The van der Waals surface area contributed by atoms with Crippen molar-refractivity contribution >= 4 is 6.29 Å². The van der Waals surface area contributed by atoms with Crippen LogP contribution in [0.2, 0.25) is 0 Å². The van der Waals surface area contributed by atoms with Gasteiger partial charge in [0, 0.05) is 0 Å². The smallest absolute Gasteiger partial charge is 0.142 e. The van der Waals surface area contributed by atoms with E-state index in [9.17, 15) is 9.90 Å². The predicted octanol–water partition coefficient (Wildman–Crippen LogP) is 7.86. The Balaban J connectivity index is 2.61. The van der Waals surface area contributed by atoms with Gasteiger partial charge in [0.25, 0.3) is 0 Å². The minimum absolute atomic E-state index is 0.194. The van der Waals surface area contributed by atoms with Crippen LogP contribution >= 0.6 is 0 Å². The monoisotopic (exact) mass is 444 g/mol. The molecule has 0 aromatic heterocycles. The van der Waals surface area contributed by atoms with E-state index >= 15 is 0 Å². The highest BCUT2D eigenvalue weighted by atomic mass is 16.3. The van der Waals surface area contributed by atoms with Gasteiger partial charge in [-0.05, 0) is 65.0 Å². The molecular weight excluding hydrogens is 404 g/mol. The fraction of sp³-hybridized carbons (Fsp3) is 0.323. The summed E-state index contributed by atoms with van der Waals surface area (Å²) in [6, 6.07) is 0. The van der Waals surface area contributed by atoms with Gasteiger partial charge in [-0.2, -0.15) is 0 Å². The number of allylic oxidation sites excluding steroid dienone is 19. The van der Waals surface area contributed by atoms with Crippen molar-refractivity contribution in [2.24, 2.45) is 5.92 Å². The van der Waals surface area contributed by atoms with Crippen molar-refractivity contribution in [3.8, 4) is 0 Å². The third kappa shape index (κ3) is 12.6. The van der Waals surface area contributed by atoms with Crippen molar-refractivity contribution in [2.75, 3.05) is 0 Å². The molecule has 0 radical (unpaired) electrons. The first kappa shape index (κ1) is 28.1. The molecule has 0 saturated heterocycles. The molecule has 0 saturated carbocycles. The normalized spacial score (nSPS) is 22.3. The summed E-state index contributed by atoms with van der Waals surface area (Å²) in [6.07, 6.45) is 30.3. The average molecular weight is 445 g/mol. The zero-order valence-corrected chi connectivity index (χ0v) is 21.1. The van der Waals surface area contributed by atoms with Gasteiger partial charge in [-0.3, -0.25) is 4.79 Å². The Morgan fingerprint density at radius 2 is 1.21 bits per heavy atom. The highest BCUT2D eigenvalue weighted by Crippen LogP contribution is 2.31. The molecule has 0 aromatic rings. The lowest BCUT2D eigenvalue weighted by Gasteiger charge is -2.26. The van der Waals surface area contributed by atoms with E-state index in [1.165, 1.54) is 28.4 Å². The van der Waals surface area contributed by atoms with E-state index in [0.29, 0.717) is 5.92 Å². The molecule has 1 rings (SSSR count). The van der Waals surface area contributed by atoms with Gasteiger partial charge in [0.15, 0.2) is 0 Å². The van der Waals surface area contributed by atoms with Crippen LogP contribution in [0.5, 0.6) is 0 Å². The maximum absolute atomic E-state index is 10.3. The number of aldehydes is 1. The number of aliphatic hydroxyl groups excluding tert-OH is 1. The van der Waals surface area contributed by atoms with Gasteiger partial charge < -0.3 is 5.11 Å². The zero-order chi connectivity index (χ0) is 24.6. The molecular formula is C31H40O2. The Morgan fingerprint density at radius 3 is 1.70 bits per heavy atom. The molecule has 0 fully saturated rings. The van der Waals surface area contributed by atoms with Gasteiger partial charge in [0.1, 0.15) is 6.29 Å². The SMILES string of the molecule is CC1=C(/C=C/C(C)=C\C=C\C(C)=C\C=C\C=C(C)\C=C\C=C(C)\C=C\C=O)C(C)CC(O)C1. The Kier molecular flexibility index (Phi) is 13.4. The Bertz CT molecular complexity index is 953. The fourth-order valence-electron chi connectivity index (χ4n) is 3.57. The molecule has 0 heterocycles. The van der Waals surface area contributed by atoms with Crippen LogP contribution in [0.25, 0.3) is 0 Å². The average Bonchev–Trinajstić information content (AvgIpc) is 2.74. The summed E-state index contributed by atoms with van der Waals surface area (Å²) in [7, 11) is 0. The van der Waals surface area contributed by atoms with Gasteiger partial charge in [0.2, 0.25) is 0 Å². The molecule has 1 aliphatic carbocycles. The predicted molar refractivity (Wildman–Crippen MR) is 144 cm³/mol. The van der Waals surface area contributed by atoms with Crippen LogP contribution in [-0.4, -0.2) is 17.5 Å². The van der Waals surface area contributed by atoms with Crippen molar-refractivity contribution in [1.82, 2.24) is 0 Å². The first-order valence-electron chi connectivity index (χ1n) is 11.6. The Hall–Kier alpha value is -2.97. The van der Waals surface area contributed by atoms with Crippen LogP contribution in [-0.2, 0) is 4.79 Å². The summed E-state index contributed by atoms with van der Waals surface area (Å²) >= 11 is 0. The summed E-state index contributed by atoms with van der Waals surface area (Å²) in [5, 5.41) is 9.89. The van der Waals surface area contributed by atoms with Gasteiger partial charge in [0.05, 0.1) is 6.10 Å². The molecule has 2 heteroatoms. The molecule has 0 bridgehead atoms. The fourth-order valence-corrected chi connectivity index (χ4v) is 3.57. The number of rotatable bonds is 10. The van der Waals surface area contributed by atoms with Crippen LogP contribution < -0.4 is 0 Å². The maximum Gasteiger partial charge on any atom is 0.142 e. The minimum atomic E-state index is -0.194. The number of hydrogen-bond acceptors (Lipinski definition) is 2. The maximum atomic E-state index is 10.3. The quantitative estimate of drug-likeness (QED) is 0.211. The molecule has 0 aliphatic heterocycles. The number of carbonyl (C=O) groups excluding carboxylic acids is 1. The van der Waals surface area contributed by atoms with E-state index < -0.39 is 0 Å². The Labute approximate surface area is 201 Å². The summed E-state index contributed by atoms with van der Waals surface area (Å²) in [5.41, 5.74) is 7.21. The number of hydrogen-bond donors (Lipinski definition) is 1. The van der Waals surface area contributed by atoms with Crippen LogP contribution in [0.3, 0.4) is 0 Å². The van der Waals surface area contributed by atoms with E-state index in [2.05, 4.69) is 77.2 Å². The lowest BCUT2D eigenvalue weighted by molar-refractivity contribution is -0.104. The van der Waals surface area contributed by atoms with Crippen LogP contribution in [0.4, 0.5) is 0 Å². The third-order valence-corrected chi connectivity index (χ3v) is 5.42. The third-order valence-electron chi connectivity index (χ3n) is 5.42. The molecule has 0 spiro atoms. The summed E-state index contributed by atoms with van der Waals surface area (Å²) in [5.74, 6) is 0.407. The van der Waals surface area contributed by atoms with Crippen molar-refractivity contribution < 1.29 is 9.90 Å². The molecule has 33 heavy (non-hydrogen) atoms. The first-order valence-corrected chi connectivity index (χ1v) is 11.6. The molecule has 1 aliphatic rings. The lowest BCUT2D eigenvalue weighted by Crippen LogP contribution is -2.19. The number of carbonyl (C=O) groups is 1. The van der Waals surface area contributed by atoms with E-state index in [4.69, 9.17) is 0 Å². The van der Waals surface area contributed by atoms with Crippen LogP contribution in [0.15, 0.2) is 119 Å². The summed E-state index contributed by atoms with van der Waals surface area (Å²) in [4.78, 5) is 10.3. The molecule has 1 N–H and O–H groups in total. The second-order valence-corrected chi connectivity index (χ2v) is 8.80.